The average Bonchev–Trinajstić information content (AvgIpc) is 3.43. The van der Waals surface area contributed by atoms with Crippen LogP contribution in [0.2, 0.25) is 0 Å². The SMILES string of the molecule is CC(=O)c1cccc(-c2nc3c(=O)[nH]c(N)nc3n2C2CC(OC(=O)C(C)C)C(COC(=O)C(C)C)O2)c1. The minimum atomic E-state index is -0.808. The third-order valence-electron chi connectivity index (χ3n) is 6.16. The summed E-state index contributed by atoms with van der Waals surface area (Å²) in [5.41, 5.74) is 6.49. The fourth-order valence-electron chi connectivity index (χ4n) is 4.10. The number of nitrogen functional groups attached to an aromatic ring is 1. The first-order valence-electron chi connectivity index (χ1n) is 12.4. The first-order valence-corrected chi connectivity index (χ1v) is 12.4. The zero-order chi connectivity index (χ0) is 27.7. The van der Waals surface area contributed by atoms with Crippen LogP contribution in [0.4, 0.5) is 5.95 Å². The molecule has 4 rings (SSSR count). The number of hydrogen-bond acceptors (Lipinski definition) is 10. The Morgan fingerprint density at radius 2 is 1.87 bits per heavy atom. The Hall–Kier alpha value is -4.06. The van der Waals surface area contributed by atoms with Gasteiger partial charge in [-0.3, -0.25) is 28.7 Å². The lowest BCUT2D eigenvalue weighted by Crippen LogP contribution is -2.33. The fraction of sp³-hybridized carbons (Fsp3) is 0.462. The van der Waals surface area contributed by atoms with Gasteiger partial charge < -0.3 is 19.9 Å². The summed E-state index contributed by atoms with van der Waals surface area (Å²) in [6.07, 6.45) is -2.17. The molecule has 0 amide bonds. The van der Waals surface area contributed by atoms with E-state index in [1.54, 1.807) is 56.5 Å². The molecule has 1 aliphatic heterocycles. The van der Waals surface area contributed by atoms with Gasteiger partial charge in [0.05, 0.1) is 11.8 Å². The Balaban J connectivity index is 1.80. The van der Waals surface area contributed by atoms with Crippen LogP contribution in [-0.2, 0) is 23.8 Å². The molecule has 0 radical (unpaired) electrons. The maximum Gasteiger partial charge on any atom is 0.308 e. The third kappa shape index (κ3) is 5.44. The molecule has 3 atom stereocenters. The van der Waals surface area contributed by atoms with E-state index in [1.165, 1.54) is 6.92 Å². The number of aromatic nitrogens is 4. The largest absolute Gasteiger partial charge is 0.463 e. The first kappa shape index (κ1) is 27.0. The Kier molecular flexibility index (Phi) is 7.63. The van der Waals surface area contributed by atoms with Gasteiger partial charge in [0.1, 0.15) is 30.9 Å². The number of carbonyl (C=O) groups is 3. The maximum absolute atomic E-state index is 12.7. The Labute approximate surface area is 218 Å². The molecule has 38 heavy (non-hydrogen) atoms. The number of Topliss-reactive ketones (excluding diaryl/α,β-unsaturated/α-hetero) is 1. The highest BCUT2D eigenvalue weighted by molar-refractivity contribution is 5.95. The number of aromatic amines is 1. The standard InChI is InChI=1S/C26H31N5O7/c1-12(2)24(34)36-11-18-17(38-25(35)13(3)4)10-19(37-18)31-21(16-8-6-7-15(9-16)14(5)32)28-20-22(31)29-26(27)30-23(20)33/h6-9,12-13,17-19H,10-11H2,1-5H3,(H3,27,29,30,33). The van der Waals surface area contributed by atoms with Crippen LogP contribution in [-0.4, -0.2) is 56.1 Å². The summed E-state index contributed by atoms with van der Waals surface area (Å²) < 4.78 is 19.0. The van der Waals surface area contributed by atoms with Gasteiger partial charge in [-0.05, 0) is 13.0 Å². The number of carbonyl (C=O) groups excluding carboxylic acids is 3. The molecule has 12 heteroatoms. The molecule has 2 aromatic heterocycles. The van der Waals surface area contributed by atoms with Gasteiger partial charge >= 0.3 is 11.9 Å². The number of ether oxygens (including phenoxy) is 3. The van der Waals surface area contributed by atoms with Crippen molar-refractivity contribution in [2.24, 2.45) is 11.8 Å². The van der Waals surface area contributed by atoms with Crippen molar-refractivity contribution >= 4 is 34.8 Å². The predicted molar refractivity (Wildman–Crippen MR) is 137 cm³/mol. The van der Waals surface area contributed by atoms with Gasteiger partial charge in [0.15, 0.2) is 16.9 Å². The summed E-state index contributed by atoms with van der Waals surface area (Å²) in [6.45, 7) is 8.16. The van der Waals surface area contributed by atoms with Crippen molar-refractivity contribution in [3.8, 4) is 11.4 Å². The topological polar surface area (TPSA) is 168 Å². The highest BCUT2D eigenvalue weighted by Crippen LogP contribution is 2.37. The molecule has 1 fully saturated rings. The number of anilines is 1. The van der Waals surface area contributed by atoms with Gasteiger partial charge in [-0.1, -0.05) is 45.9 Å². The summed E-state index contributed by atoms with van der Waals surface area (Å²) in [7, 11) is 0. The van der Waals surface area contributed by atoms with Crippen molar-refractivity contribution in [2.75, 3.05) is 12.3 Å². The zero-order valence-electron chi connectivity index (χ0n) is 21.9. The number of rotatable bonds is 8. The zero-order valence-corrected chi connectivity index (χ0v) is 21.9. The Bertz CT molecular complexity index is 1440. The number of hydrogen-bond donors (Lipinski definition) is 2. The van der Waals surface area contributed by atoms with Crippen LogP contribution < -0.4 is 11.3 Å². The number of nitrogens with two attached hydrogens (primary N) is 1. The van der Waals surface area contributed by atoms with Crippen LogP contribution in [0.5, 0.6) is 0 Å². The summed E-state index contributed by atoms with van der Waals surface area (Å²) in [5.74, 6) is -1.52. The summed E-state index contributed by atoms with van der Waals surface area (Å²) in [4.78, 5) is 60.6. The molecule has 3 unspecified atom stereocenters. The highest BCUT2D eigenvalue weighted by atomic mass is 16.6. The van der Waals surface area contributed by atoms with Crippen molar-refractivity contribution < 1.29 is 28.6 Å². The molecule has 0 saturated carbocycles. The number of nitrogens with zero attached hydrogens (tertiary/aromatic N) is 3. The minimum Gasteiger partial charge on any atom is -0.463 e. The van der Waals surface area contributed by atoms with Gasteiger partial charge in [0.2, 0.25) is 5.95 Å². The minimum absolute atomic E-state index is 0.0245. The van der Waals surface area contributed by atoms with Crippen molar-refractivity contribution in [3.05, 3.63) is 40.2 Å². The van der Waals surface area contributed by atoms with Gasteiger partial charge in [0.25, 0.3) is 5.56 Å². The number of nitrogens with one attached hydrogen (secondary N) is 1. The smallest absolute Gasteiger partial charge is 0.308 e. The second-order valence-corrected chi connectivity index (χ2v) is 9.85. The third-order valence-corrected chi connectivity index (χ3v) is 6.16. The van der Waals surface area contributed by atoms with E-state index >= 15 is 0 Å². The van der Waals surface area contributed by atoms with Gasteiger partial charge in [0, 0.05) is 17.5 Å². The van der Waals surface area contributed by atoms with Crippen molar-refractivity contribution in [3.63, 3.8) is 0 Å². The number of H-pyrrole nitrogens is 1. The lowest BCUT2D eigenvalue weighted by atomic mass is 10.1. The molecule has 1 aromatic carbocycles. The monoisotopic (exact) mass is 525 g/mol. The summed E-state index contributed by atoms with van der Waals surface area (Å²) in [5, 5.41) is 0. The molecule has 3 N–H and O–H groups in total. The summed E-state index contributed by atoms with van der Waals surface area (Å²) in [6, 6.07) is 6.78. The lowest BCUT2D eigenvalue weighted by Gasteiger charge is -2.20. The molecule has 0 aliphatic carbocycles. The molecular formula is C26H31N5O7. The van der Waals surface area contributed by atoms with Crippen LogP contribution in [0.1, 0.15) is 57.6 Å². The first-order chi connectivity index (χ1) is 18.0. The van der Waals surface area contributed by atoms with E-state index in [0.717, 1.165) is 0 Å². The fourth-order valence-corrected chi connectivity index (χ4v) is 4.10. The number of benzene rings is 1. The van der Waals surface area contributed by atoms with Gasteiger partial charge in [-0.25, -0.2) is 4.98 Å². The molecule has 202 valence electrons. The second kappa shape index (κ2) is 10.7. The van der Waals surface area contributed by atoms with Gasteiger partial charge in [-0.15, -0.1) is 0 Å². The Morgan fingerprint density at radius 1 is 1.16 bits per heavy atom. The molecule has 0 bridgehead atoms. The van der Waals surface area contributed by atoms with E-state index in [9.17, 15) is 19.2 Å². The molecule has 0 spiro atoms. The van der Waals surface area contributed by atoms with E-state index in [1.807, 2.05) is 0 Å². The number of esters is 2. The Morgan fingerprint density at radius 3 is 2.53 bits per heavy atom. The van der Waals surface area contributed by atoms with Crippen molar-refractivity contribution in [1.82, 2.24) is 19.5 Å². The van der Waals surface area contributed by atoms with Crippen LogP contribution in [0, 0.1) is 11.8 Å². The molecule has 3 heterocycles. The van der Waals surface area contributed by atoms with E-state index in [2.05, 4.69) is 15.0 Å². The van der Waals surface area contributed by atoms with E-state index in [4.69, 9.17) is 19.9 Å². The van der Waals surface area contributed by atoms with E-state index in [-0.39, 0.29) is 47.8 Å². The number of ketones is 1. The second-order valence-electron chi connectivity index (χ2n) is 9.85. The summed E-state index contributed by atoms with van der Waals surface area (Å²) >= 11 is 0. The molecular weight excluding hydrogens is 494 g/mol. The van der Waals surface area contributed by atoms with Crippen molar-refractivity contribution in [2.45, 2.75) is 59.5 Å². The maximum atomic E-state index is 12.7. The lowest BCUT2D eigenvalue weighted by molar-refractivity contribution is -0.162. The molecule has 3 aromatic rings. The van der Waals surface area contributed by atoms with E-state index in [0.29, 0.717) is 17.0 Å². The van der Waals surface area contributed by atoms with Crippen LogP contribution in [0.15, 0.2) is 29.1 Å². The predicted octanol–water partition coefficient (Wildman–Crippen LogP) is 2.63. The number of imidazole rings is 1. The van der Waals surface area contributed by atoms with Gasteiger partial charge in [-0.2, -0.15) is 4.98 Å². The van der Waals surface area contributed by atoms with Crippen LogP contribution >= 0.6 is 0 Å². The van der Waals surface area contributed by atoms with Crippen LogP contribution in [0.25, 0.3) is 22.6 Å². The number of fused-ring (bicyclic) bond motifs is 1. The normalized spacial score (nSPS) is 19.3. The molecule has 1 aliphatic rings. The van der Waals surface area contributed by atoms with Crippen molar-refractivity contribution in [1.29, 1.82) is 0 Å². The van der Waals surface area contributed by atoms with E-state index < -0.39 is 35.9 Å². The average molecular weight is 526 g/mol. The van der Waals surface area contributed by atoms with Crippen LogP contribution in [0.3, 0.4) is 0 Å². The quantitative estimate of drug-likeness (QED) is 0.329. The highest BCUT2D eigenvalue weighted by Gasteiger charge is 2.42. The molecule has 1 saturated heterocycles. The molecule has 12 nitrogen and oxygen atoms in total.